The monoisotopic (exact) mass is 314 g/mol. The minimum absolute atomic E-state index is 0.0585. The van der Waals surface area contributed by atoms with Crippen LogP contribution in [0.5, 0.6) is 0 Å². The van der Waals surface area contributed by atoms with Crippen LogP contribution in [0.15, 0.2) is 47.5 Å². The van der Waals surface area contributed by atoms with Crippen molar-refractivity contribution in [1.29, 1.82) is 0 Å². The van der Waals surface area contributed by atoms with E-state index in [0.29, 0.717) is 9.23 Å². The molecule has 1 aliphatic rings. The number of nitrogens with zero attached hydrogens (tertiary/aromatic N) is 2. The number of aromatic nitrogens is 1. The molecule has 0 bridgehead atoms. The Kier molecular flexibility index (Phi) is 3.69. The SMILES string of the molecule is Cc1cccc(N2C(=O)/C(=C\c3cccn3C)SC2=S)c1. The second kappa shape index (κ2) is 5.50. The third kappa shape index (κ3) is 2.66. The third-order valence-corrected chi connectivity index (χ3v) is 4.62. The molecule has 0 aliphatic carbocycles. The molecule has 0 atom stereocenters. The van der Waals surface area contributed by atoms with Crippen molar-refractivity contribution in [2.24, 2.45) is 7.05 Å². The van der Waals surface area contributed by atoms with Gasteiger partial charge in [0.15, 0.2) is 4.32 Å². The number of rotatable bonds is 2. The Labute approximate surface area is 133 Å². The molecular formula is C16H14N2OS2. The molecule has 0 radical (unpaired) electrons. The van der Waals surface area contributed by atoms with Crippen LogP contribution in [0.25, 0.3) is 6.08 Å². The molecule has 1 aromatic heterocycles. The van der Waals surface area contributed by atoms with Crippen LogP contribution in [0, 0.1) is 6.92 Å². The van der Waals surface area contributed by atoms with Gasteiger partial charge in [0.05, 0.1) is 10.6 Å². The molecule has 3 nitrogen and oxygen atoms in total. The molecule has 1 amide bonds. The number of amides is 1. The average molecular weight is 314 g/mol. The van der Waals surface area contributed by atoms with E-state index in [0.717, 1.165) is 16.9 Å². The van der Waals surface area contributed by atoms with Crippen molar-refractivity contribution in [3.05, 3.63) is 58.8 Å². The number of thioether (sulfide) groups is 1. The highest BCUT2D eigenvalue weighted by atomic mass is 32.2. The first-order chi connectivity index (χ1) is 10.1. The lowest BCUT2D eigenvalue weighted by atomic mass is 10.2. The molecule has 3 rings (SSSR count). The largest absolute Gasteiger partial charge is 0.351 e. The van der Waals surface area contributed by atoms with Gasteiger partial charge in [-0.15, -0.1) is 0 Å². The Bertz CT molecular complexity index is 761. The minimum atomic E-state index is -0.0585. The number of hydrogen-bond donors (Lipinski definition) is 0. The summed E-state index contributed by atoms with van der Waals surface area (Å²) in [5, 5.41) is 0. The number of thiocarbonyl (C=S) groups is 1. The molecule has 0 unspecified atom stereocenters. The molecule has 5 heteroatoms. The summed E-state index contributed by atoms with van der Waals surface area (Å²) < 4.78 is 2.55. The highest BCUT2D eigenvalue weighted by Crippen LogP contribution is 2.36. The maximum absolute atomic E-state index is 12.6. The molecule has 1 saturated heterocycles. The molecule has 1 aromatic carbocycles. The molecule has 0 saturated carbocycles. The summed E-state index contributed by atoms with van der Waals surface area (Å²) in [6.45, 7) is 2.00. The van der Waals surface area contributed by atoms with Crippen molar-refractivity contribution < 1.29 is 4.79 Å². The first kappa shape index (κ1) is 14.1. The lowest BCUT2D eigenvalue weighted by Gasteiger charge is -2.14. The van der Waals surface area contributed by atoms with E-state index in [2.05, 4.69) is 0 Å². The second-order valence-corrected chi connectivity index (χ2v) is 6.58. The quantitative estimate of drug-likeness (QED) is 0.624. The highest BCUT2D eigenvalue weighted by molar-refractivity contribution is 8.27. The number of hydrogen-bond acceptors (Lipinski definition) is 3. The van der Waals surface area contributed by atoms with Gasteiger partial charge in [-0.3, -0.25) is 9.69 Å². The van der Waals surface area contributed by atoms with Crippen LogP contribution < -0.4 is 4.90 Å². The molecule has 106 valence electrons. The zero-order valence-corrected chi connectivity index (χ0v) is 13.4. The lowest BCUT2D eigenvalue weighted by Crippen LogP contribution is -2.27. The van der Waals surface area contributed by atoms with E-state index < -0.39 is 0 Å². The van der Waals surface area contributed by atoms with Crippen LogP contribution in [0.3, 0.4) is 0 Å². The van der Waals surface area contributed by atoms with Gasteiger partial charge in [-0.2, -0.15) is 0 Å². The zero-order valence-electron chi connectivity index (χ0n) is 11.7. The van der Waals surface area contributed by atoms with Crippen molar-refractivity contribution in [3.63, 3.8) is 0 Å². The van der Waals surface area contributed by atoms with E-state index in [1.54, 1.807) is 4.90 Å². The molecule has 0 spiro atoms. The Hall–Kier alpha value is -1.85. The average Bonchev–Trinajstić information content (AvgIpc) is 2.95. The van der Waals surface area contributed by atoms with Gasteiger partial charge >= 0.3 is 0 Å². The molecule has 1 aliphatic heterocycles. The Morgan fingerprint density at radius 2 is 2.05 bits per heavy atom. The standard InChI is InChI=1S/C16H14N2OS2/c1-11-5-3-6-13(9-11)18-15(19)14(21-16(18)20)10-12-7-4-8-17(12)2/h3-10H,1-2H3/b14-10+. The maximum Gasteiger partial charge on any atom is 0.270 e. The van der Waals surface area contributed by atoms with E-state index in [4.69, 9.17) is 12.2 Å². The minimum Gasteiger partial charge on any atom is -0.351 e. The smallest absolute Gasteiger partial charge is 0.270 e. The number of anilines is 1. The van der Waals surface area contributed by atoms with E-state index in [-0.39, 0.29) is 5.91 Å². The van der Waals surface area contributed by atoms with E-state index in [1.807, 2.05) is 67.2 Å². The summed E-state index contributed by atoms with van der Waals surface area (Å²) in [6, 6.07) is 11.7. The first-order valence-electron chi connectivity index (χ1n) is 6.52. The van der Waals surface area contributed by atoms with Crippen molar-refractivity contribution in [2.75, 3.05) is 4.90 Å². The summed E-state index contributed by atoms with van der Waals surface area (Å²) in [5.74, 6) is -0.0585. The zero-order chi connectivity index (χ0) is 15.0. The fraction of sp³-hybridized carbons (Fsp3) is 0.125. The molecule has 21 heavy (non-hydrogen) atoms. The van der Waals surface area contributed by atoms with Gasteiger partial charge in [-0.25, -0.2) is 0 Å². The molecule has 1 fully saturated rings. The second-order valence-electron chi connectivity index (χ2n) is 4.90. The van der Waals surface area contributed by atoms with Gasteiger partial charge in [-0.05, 0) is 42.8 Å². The molecule has 0 N–H and O–H groups in total. The summed E-state index contributed by atoms with van der Waals surface area (Å²) in [7, 11) is 1.95. The third-order valence-electron chi connectivity index (χ3n) is 3.32. The van der Waals surface area contributed by atoms with Crippen molar-refractivity contribution in [2.45, 2.75) is 6.92 Å². The number of carbonyl (C=O) groups excluding carboxylic acids is 1. The molecular weight excluding hydrogens is 300 g/mol. The fourth-order valence-corrected chi connectivity index (χ4v) is 3.50. The number of aryl methyl sites for hydroxylation is 2. The van der Waals surface area contributed by atoms with E-state index >= 15 is 0 Å². The van der Waals surface area contributed by atoms with Gasteiger partial charge in [0.25, 0.3) is 5.91 Å². The summed E-state index contributed by atoms with van der Waals surface area (Å²) in [6.07, 6.45) is 3.84. The van der Waals surface area contributed by atoms with Crippen LogP contribution in [-0.4, -0.2) is 14.8 Å². The Morgan fingerprint density at radius 1 is 1.24 bits per heavy atom. The summed E-state index contributed by atoms with van der Waals surface area (Å²) in [4.78, 5) is 14.9. The van der Waals surface area contributed by atoms with Crippen LogP contribution >= 0.6 is 24.0 Å². The van der Waals surface area contributed by atoms with Gasteiger partial charge < -0.3 is 4.57 Å². The van der Waals surface area contributed by atoms with Crippen LogP contribution in [0.2, 0.25) is 0 Å². The van der Waals surface area contributed by atoms with Gasteiger partial charge in [0.1, 0.15) is 0 Å². The van der Waals surface area contributed by atoms with Crippen molar-refractivity contribution in [1.82, 2.24) is 4.57 Å². The molecule has 2 aromatic rings. The predicted molar refractivity (Wildman–Crippen MR) is 92.2 cm³/mol. The van der Waals surface area contributed by atoms with Gasteiger partial charge in [0.2, 0.25) is 0 Å². The molecule has 2 heterocycles. The maximum atomic E-state index is 12.6. The predicted octanol–water partition coefficient (Wildman–Crippen LogP) is 3.74. The normalized spacial score (nSPS) is 17.0. The summed E-state index contributed by atoms with van der Waals surface area (Å²) in [5.41, 5.74) is 2.92. The fourth-order valence-electron chi connectivity index (χ4n) is 2.22. The van der Waals surface area contributed by atoms with Crippen LogP contribution in [0.1, 0.15) is 11.3 Å². The number of benzene rings is 1. The topological polar surface area (TPSA) is 25.2 Å². The first-order valence-corrected chi connectivity index (χ1v) is 7.75. The van der Waals surface area contributed by atoms with E-state index in [9.17, 15) is 4.79 Å². The van der Waals surface area contributed by atoms with Gasteiger partial charge in [-0.1, -0.05) is 36.1 Å². The van der Waals surface area contributed by atoms with Crippen molar-refractivity contribution in [3.8, 4) is 0 Å². The highest BCUT2D eigenvalue weighted by Gasteiger charge is 2.33. The Morgan fingerprint density at radius 3 is 2.71 bits per heavy atom. The van der Waals surface area contributed by atoms with Crippen molar-refractivity contribution >= 4 is 46.0 Å². The number of carbonyl (C=O) groups is 1. The van der Waals surface area contributed by atoms with E-state index in [1.165, 1.54) is 11.8 Å². The Balaban J connectivity index is 1.96. The van der Waals surface area contributed by atoms with Gasteiger partial charge in [0, 0.05) is 18.9 Å². The lowest BCUT2D eigenvalue weighted by molar-refractivity contribution is -0.113. The van der Waals surface area contributed by atoms with Crippen LogP contribution in [-0.2, 0) is 11.8 Å². The van der Waals surface area contributed by atoms with Crippen LogP contribution in [0.4, 0.5) is 5.69 Å². The summed E-state index contributed by atoms with van der Waals surface area (Å²) >= 11 is 6.71.